The van der Waals surface area contributed by atoms with Crippen LogP contribution in [-0.4, -0.2) is 63.7 Å². The van der Waals surface area contributed by atoms with E-state index in [1.54, 1.807) is 0 Å². The highest BCUT2D eigenvalue weighted by Gasteiger charge is 2.63. The van der Waals surface area contributed by atoms with Gasteiger partial charge in [-0.3, -0.25) is 0 Å². The minimum Gasteiger partial charge on any atom is -0.508 e. The third kappa shape index (κ3) is 5.05. The second-order valence-corrected chi connectivity index (χ2v) is 15.5. The van der Waals surface area contributed by atoms with E-state index in [2.05, 4.69) is 13.0 Å². The average molecular weight is 583 g/mol. The fourth-order valence-electron chi connectivity index (χ4n) is 11.3. The van der Waals surface area contributed by atoms with E-state index in [0.717, 1.165) is 43.9 Å². The van der Waals surface area contributed by atoms with Crippen LogP contribution in [0, 0.1) is 35.0 Å². The van der Waals surface area contributed by atoms with Gasteiger partial charge in [-0.1, -0.05) is 13.0 Å². The Morgan fingerprint density at radius 2 is 1.62 bits per heavy atom. The highest BCUT2D eigenvalue weighted by atomic mass is 16.5. The number of hydrogen-bond donors (Lipinski definition) is 4. The number of rotatable bonds is 5. The van der Waals surface area contributed by atoms with Gasteiger partial charge in [-0.2, -0.15) is 0 Å². The van der Waals surface area contributed by atoms with Crippen molar-refractivity contribution in [1.29, 1.82) is 0 Å². The number of phenolic OH excluding ortho intramolecular Hbond substituents is 1. The second kappa shape index (κ2) is 11.6. The van der Waals surface area contributed by atoms with Crippen molar-refractivity contribution in [2.24, 2.45) is 35.0 Å². The van der Waals surface area contributed by atoms with Gasteiger partial charge in [0.25, 0.3) is 0 Å². The van der Waals surface area contributed by atoms with Crippen LogP contribution in [0.1, 0.15) is 114 Å². The largest absolute Gasteiger partial charge is 0.508 e. The molecule has 1 aliphatic heterocycles. The summed E-state index contributed by atoms with van der Waals surface area (Å²) >= 11 is 0. The highest BCUT2D eigenvalue weighted by Crippen LogP contribution is 2.67. The molecule has 6 nitrogen and oxygen atoms in total. The number of aliphatic hydroxyl groups is 3. The molecule has 0 bridgehead atoms. The SMILES string of the molecule is CC12CCC3c4ccc(O)cc4CCC3C1CCC2(O)C1CCC(C2CCC(OCC3OCCC(O)C3O)CC2)CC1. The Morgan fingerprint density at radius 3 is 2.38 bits per heavy atom. The van der Waals surface area contributed by atoms with E-state index in [0.29, 0.717) is 49.1 Å². The molecule has 5 fully saturated rings. The lowest BCUT2D eigenvalue weighted by molar-refractivity contribution is -0.164. The molecule has 0 amide bonds. The molecule has 1 saturated heterocycles. The van der Waals surface area contributed by atoms with Crippen LogP contribution in [0.15, 0.2) is 18.2 Å². The summed E-state index contributed by atoms with van der Waals surface area (Å²) in [7, 11) is 0. The van der Waals surface area contributed by atoms with Crippen LogP contribution in [0.5, 0.6) is 5.75 Å². The first-order chi connectivity index (χ1) is 20.3. The molecule has 6 heteroatoms. The fraction of sp³-hybridized carbons (Fsp3) is 0.833. The van der Waals surface area contributed by atoms with E-state index in [1.165, 1.54) is 68.9 Å². The number of ether oxygens (including phenoxy) is 2. The molecule has 4 N–H and O–H groups in total. The standard InChI is InChI=1S/C36H54O6/c1-35-17-14-29-28-13-9-26(37)20-24(28)6-12-30(29)31(35)15-18-36(35,40)25-7-2-22(3-8-25)23-4-10-27(11-5-23)42-21-33-34(39)32(38)16-19-41-33/h9,13,20,22-23,25,27,29-34,37-40H,2-8,10-12,14-19,21H2,1H3. The molecule has 0 radical (unpaired) electrons. The summed E-state index contributed by atoms with van der Waals surface area (Å²) in [5.41, 5.74) is 2.33. The first-order valence-electron chi connectivity index (χ1n) is 17.4. The zero-order valence-electron chi connectivity index (χ0n) is 25.6. The van der Waals surface area contributed by atoms with Crippen LogP contribution in [0.2, 0.25) is 0 Å². The lowest BCUT2D eigenvalue weighted by atomic mass is 9.51. The van der Waals surface area contributed by atoms with Gasteiger partial charge < -0.3 is 29.9 Å². The molecule has 1 aromatic rings. The maximum Gasteiger partial charge on any atom is 0.115 e. The number of phenols is 1. The molecule has 1 aromatic carbocycles. The van der Waals surface area contributed by atoms with Crippen molar-refractivity contribution in [3.8, 4) is 5.75 Å². The van der Waals surface area contributed by atoms with Gasteiger partial charge in [-0.15, -0.1) is 0 Å². The van der Waals surface area contributed by atoms with Crippen LogP contribution >= 0.6 is 0 Å². The van der Waals surface area contributed by atoms with E-state index in [1.807, 2.05) is 12.1 Å². The molecule has 7 rings (SSSR count). The summed E-state index contributed by atoms with van der Waals surface area (Å²) in [5.74, 6) is 4.24. The fourth-order valence-corrected chi connectivity index (χ4v) is 11.3. The van der Waals surface area contributed by atoms with Crippen molar-refractivity contribution in [1.82, 2.24) is 0 Å². The Balaban J connectivity index is 0.917. The van der Waals surface area contributed by atoms with E-state index in [-0.39, 0.29) is 11.5 Å². The number of hydrogen-bond acceptors (Lipinski definition) is 6. The zero-order valence-corrected chi connectivity index (χ0v) is 25.6. The smallest absolute Gasteiger partial charge is 0.115 e. The number of aliphatic hydroxyl groups excluding tert-OH is 2. The summed E-state index contributed by atoms with van der Waals surface area (Å²) in [5, 5.41) is 42.7. The Labute approximate surface area is 252 Å². The van der Waals surface area contributed by atoms with Crippen molar-refractivity contribution >= 4 is 0 Å². The van der Waals surface area contributed by atoms with Crippen LogP contribution in [0.3, 0.4) is 0 Å². The summed E-state index contributed by atoms with van der Waals surface area (Å²) in [6.45, 7) is 3.31. The first-order valence-corrected chi connectivity index (χ1v) is 17.4. The Kier molecular flexibility index (Phi) is 8.18. The van der Waals surface area contributed by atoms with Crippen molar-refractivity contribution in [3.63, 3.8) is 0 Å². The van der Waals surface area contributed by atoms with Crippen LogP contribution < -0.4 is 0 Å². The van der Waals surface area contributed by atoms with Crippen LogP contribution in [0.4, 0.5) is 0 Å². The van der Waals surface area contributed by atoms with Gasteiger partial charge in [-0.25, -0.2) is 0 Å². The molecule has 1 heterocycles. The lowest BCUT2D eigenvalue weighted by Crippen LogP contribution is -2.55. The minimum absolute atomic E-state index is 0.0289. The molecular weight excluding hydrogens is 528 g/mol. The minimum atomic E-state index is -0.845. The molecule has 8 atom stereocenters. The topological polar surface area (TPSA) is 99.4 Å². The van der Waals surface area contributed by atoms with Gasteiger partial charge >= 0.3 is 0 Å². The Morgan fingerprint density at radius 1 is 0.881 bits per heavy atom. The summed E-state index contributed by atoms with van der Waals surface area (Å²) in [6.07, 6.45) is 14.9. The van der Waals surface area contributed by atoms with Crippen molar-refractivity contribution in [2.75, 3.05) is 13.2 Å². The van der Waals surface area contributed by atoms with Gasteiger partial charge in [0.15, 0.2) is 0 Å². The third-order valence-electron chi connectivity index (χ3n) is 13.8. The van der Waals surface area contributed by atoms with Crippen molar-refractivity contribution in [2.45, 2.75) is 139 Å². The van der Waals surface area contributed by atoms with Gasteiger partial charge in [-0.05, 0) is 160 Å². The molecule has 42 heavy (non-hydrogen) atoms. The molecule has 0 spiro atoms. The molecule has 6 aliphatic rings. The van der Waals surface area contributed by atoms with E-state index in [9.17, 15) is 20.4 Å². The highest BCUT2D eigenvalue weighted by molar-refractivity contribution is 5.40. The van der Waals surface area contributed by atoms with Gasteiger partial charge in [0.1, 0.15) is 18.0 Å². The molecule has 4 saturated carbocycles. The monoisotopic (exact) mass is 582 g/mol. The maximum absolute atomic E-state index is 12.5. The van der Waals surface area contributed by atoms with Gasteiger partial charge in [0.05, 0.1) is 24.4 Å². The lowest BCUT2D eigenvalue weighted by Gasteiger charge is -2.56. The number of aryl methyl sites for hydroxylation is 1. The predicted octanol–water partition coefficient (Wildman–Crippen LogP) is 5.87. The Bertz CT molecular complexity index is 1090. The van der Waals surface area contributed by atoms with Crippen molar-refractivity contribution in [3.05, 3.63) is 29.3 Å². The zero-order chi connectivity index (χ0) is 29.1. The number of aromatic hydroxyl groups is 1. The van der Waals surface area contributed by atoms with Crippen LogP contribution in [0.25, 0.3) is 0 Å². The molecule has 0 aromatic heterocycles. The van der Waals surface area contributed by atoms with Crippen molar-refractivity contribution < 1.29 is 29.9 Å². The maximum atomic E-state index is 12.5. The number of benzene rings is 1. The predicted molar refractivity (Wildman–Crippen MR) is 161 cm³/mol. The Hall–Kier alpha value is -1.18. The van der Waals surface area contributed by atoms with Gasteiger partial charge in [0, 0.05) is 6.61 Å². The van der Waals surface area contributed by atoms with Gasteiger partial charge in [0.2, 0.25) is 0 Å². The average Bonchev–Trinajstić information content (AvgIpc) is 3.29. The quantitative estimate of drug-likeness (QED) is 0.347. The first kappa shape index (κ1) is 29.5. The second-order valence-electron chi connectivity index (χ2n) is 15.5. The third-order valence-corrected chi connectivity index (χ3v) is 13.8. The normalized spacial score (nSPS) is 47.3. The van der Waals surface area contributed by atoms with E-state index >= 15 is 0 Å². The summed E-state index contributed by atoms with van der Waals surface area (Å²) < 4.78 is 11.8. The molecule has 234 valence electrons. The molecular formula is C36H54O6. The molecule has 5 aliphatic carbocycles. The number of fused-ring (bicyclic) bond motifs is 5. The van der Waals surface area contributed by atoms with E-state index in [4.69, 9.17) is 9.47 Å². The summed E-state index contributed by atoms with van der Waals surface area (Å²) in [4.78, 5) is 0. The van der Waals surface area contributed by atoms with Crippen LogP contribution in [-0.2, 0) is 15.9 Å². The molecule has 8 unspecified atom stereocenters. The van der Waals surface area contributed by atoms with E-state index < -0.39 is 23.9 Å². The summed E-state index contributed by atoms with van der Waals surface area (Å²) in [6, 6.07) is 6.06.